The number of rotatable bonds is 6. The van der Waals surface area contributed by atoms with Gasteiger partial charge in [-0.2, -0.15) is 18.3 Å². The lowest BCUT2D eigenvalue weighted by molar-refractivity contribution is -0.143. The first-order chi connectivity index (χ1) is 16.5. The van der Waals surface area contributed by atoms with Crippen molar-refractivity contribution in [3.63, 3.8) is 0 Å². The Morgan fingerprint density at radius 1 is 1.06 bits per heavy atom. The number of carboxylic acids is 1. The van der Waals surface area contributed by atoms with Crippen LogP contribution in [0.3, 0.4) is 0 Å². The van der Waals surface area contributed by atoms with Crippen LogP contribution in [-0.2, 0) is 10.9 Å². The van der Waals surface area contributed by atoms with Crippen LogP contribution in [0.4, 0.5) is 13.2 Å². The SMILES string of the molecule is CC(C)OC(=O)c1cnn(-c2ccc(-n3cc(-c4cc(C(=O)O)ccn4)nn3)cc2)c1C(F)(F)F. The summed E-state index contributed by atoms with van der Waals surface area (Å²) in [5, 5.41) is 20.8. The minimum atomic E-state index is -4.86. The Labute approximate surface area is 195 Å². The molecule has 3 aromatic heterocycles. The molecule has 4 aromatic rings. The number of aromatic nitrogens is 6. The van der Waals surface area contributed by atoms with E-state index in [9.17, 15) is 22.8 Å². The van der Waals surface area contributed by atoms with Crippen LogP contribution >= 0.6 is 0 Å². The number of hydrogen-bond donors (Lipinski definition) is 1. The maximum Gasteiger partial charge on any atom is 0.434 e. The molecule has 0 amide bonds. The third-order valence-corrected chi connectivity index (χ3v) is 4.72. The van der Waals surface area contributed by atoms with Gasteiger partial charge in [-0.15, -0.1) is 5.10 Å². The lowest BCUT2D eigenvalue weighted by Crippen LogP contribution is -2.20. The highest BCUT2D eigenvalue weighted by atomic mass is 19.4. The van der Waals surface area contributed by atoms with Crippen LogP contribution in [-0.4, -0.2) is 52.9 Å². The predicted molar refractivity (Wildman–Crippen MR) is 114 cm³/mol. The molecular formula is C22H17F3N6O4. The van der Waals surface area contributed by atoms with Gasteiger partial charge in [0, 0.05) is 6.20 Å². The fourth-order valence-corrected chi connectivity index (χ4v) is 3.20. The molecule has 0 bridgehead atoms. The Balaban J connectivity index is 1.64. The number of pyridine rings is 1. The van der Waals surface area contributed by atoms with E-state index < -0.39 is 35.5 Å². The van der Waals surface area contributed by atoms with Crippen molar-refractivity contribution in [2.45, 2.75) is 26.1 Å². The topological polar surface area (TPSA) is 125 Å². The molecule has 0 spiro atoms. The normalized spacial score (nSPS) is 11.6. The van der Waals surface area contributed by atoms with E-state index in [4.69, 9.17) is 9.84 Å². The molecule has 180 valence electrons. The number of carboxylic acid groups (broad SMARTS) is 1. The first-order valence-corrected chi connectivity index (χ1v) is 10.1. The summed E-state index contributed by atoms with van der Waals surface area (Å²) in [6.45, 7) is 3.06. The van der Waals surface area contributed by atoms with E-state index in [2.05, 4.69) is 20.4 Å². The molecule has 0 aliphatic carbocycles. The van der Waals surface area contributed by atoms with Gasteiger partial charge in [0.15, 0.2) is 5.69 Å². The van der Waals surface area contributed by atoms with Gasteiger partial charge in [-0.25, -0.2) is 19.0 Å². The van der Waals surface area contributed by atoms with Crippen molar-refractivity contribution < 1.29 is 32.6 Å². The molecule has 0 atom stereocenters. The van der Waals surface area contributed by atoms with Crippen LogP contribution in [0.2, 0.25) is 0 Å². The molecule has 10 nitrogen and oxygen atoms in total. The molecule has 1 aromatic carbocycles. The van der Waals surface area contributed by atoms with Crippen LogP contribution in [0.1, 0.15) is 40.3 Å². The van der Waals surface area contributed by atoms with Crippen molar-refractivity contribution in [3.05, 3.63) is 71.8 Å². The summed E-state index contributed by atoms with van der Waals surface area (Å²) in [6, 6.07) is 8.41. The quantitative estimate of drug-likeness (QED) is 0.408. The Kier molecular flexibility index (Phi) is 6.07. The monoisotopic (exact) mass is 486 g/mol. The van der Waals surface area contributed by atoms with Gasteiger partial charge in [0.2, 0.25) is 0 Å². The molecule has 0 saturated heterocycles. The largest absolute Gasteiger partial charge is 0.478 e. The Hall–Kier alpha value is -4.55. The lowest BCUT2D eigenvalue weighted by Gasteiger charge is -2.13. The van der Waals surface area contributed by atoms with E-state index >= 15 is 0 Å². The average Bonchev–Trinajstić information content (AvgIpc) is 3.47. The molecule has 3 heterocycles. The number of carbonyl (C=O) groups is 2. The number of halogens is 3. The van der Waals surface area contributed by atoms with E-state index in [0.717, 1.165) is 6.20 Å². The number of nitrogens with zero attached hydrogens (tertiary/aromatic N) is 6. The van der Waals surface area contributed by atoms with Crippen LogP contribution in [0.25, 0.3) is 22.8 Å². The molecule has 0 radical (unpaired) electrons. The summed E-state index contributed by atoms with van der Waals surface area (Å²) in [6.07, 6.45) is -1.80. The second-order valence-corrected chi connectivity index (χ2v) is 7.57. The number of hydrogen-bond acceptors (Lipinski definition) is 7. The zero-order chi connectivity index (χ0) is 25.3. The number of alkyl halides is 3. The highest BCUT2D eigenvalue weighted by Crippen LogP contribution is 2.34. The summed E-state index contributed by atoms with van der Waals surface area (Å²) < 4.78 is 48.2. The van der Waals surface area contributed by atoms with Crippen molar-refractivity contribution in [2.24, 2.45) is 0 Å². The summed E-state index contributed by atoms with van der Waals surface area (Å²) in [4.78, 5) is 27.4. The second kappa shape index (κ2) is 9.00. The fraction of sp³-hybridized carbons (Fsp3) is 0.182. The lowest BCUT2D eigenvalue weighted by atomic mass is 10.2. The zero-order valence-electron chi connectivity index (χ0n) is 18.3. The molecule has 0 aliphatic rings. The van der Waals surface area contributed by atoms with Gasteiger partial charge in [-0.3, -0.25) is 4.98 Å². The van der Waals surface area contributed by atoms with E-state index in [1.54, 1.807) is 0 Å². The molecule has 35 heavy (non-hydrogen) atoms. The van der Waals surface area contributed by atoms with Gasteiger partial charge in [-0.1, -0.05) is 5.21 Å². The van der Waals surface area contributed by atoms with E-state index in [1.165, 1.54) is 67.3 Å². The maximum absolute atomic E-state index is 13.8. The third kappa shape index (κ3) is 4.88. The van der Waals surface area contributed by atoms with Gasteiger partial charge in [-0.05, 0) is 50.2 Å². The molecule has 0 aliphatic heterocycles. The number of aromatic carboxylic acids is 1. The molecule has 0 unspecified atom stereocenters. The second-order valence-electron chi connectivity index (χ2n) is 7.57. The Morgan fingerprint density at radius 3 is 2.37 bits per heavy atom. The summed E-state index contributed by atoms with van der Waals surface area (Å²) in [5.74, 6) is -2.24. The number of ether oxygens (including phenoxy) is 1. The smallest absolute Gasteiger partial charge is 0.434 e. The van der Waals surface area contributed by atoms with Crippen molar-refractivity contribution >= 4 is 11.9 Å². The highest BCUT2D eigenvalue weighted by Gasteiger charge is 2.41. The minimum absolute atomic E-state index is 0.0326. The van der Waals surface area contributed by atoms with Crippen molar-refractivity contribution in [1.82, 2.24) is 29.8 Å². The van der Waals surface area contributed by atoms with Gasteiger partial charge in [0.05, 0.1) is 41.1 Å². The van der Waals surface area contributed by atoms with Crippen molar-refractivity contribution in [3.8, 4) is 22.8 Å². The minimum Gasteiger partial charge on any atom is -0.478 e. The van der Waals surface area contributed by atoms with E-state index in [0.29, 0.717) is 21.8 Å². The number of esters is 1. The summed E-state index contributed by atoms with van der Waals surface area (Å²) >= 11 is 0. The Morgan fingerprint density at radius 2 is 1.74 bits per heavy atom. The first-order valence-electron chi connectivity index (χ1n) is 10.1. The van der Waals surface area contributed by atoms with Crippen LogP contribution in [0.15, 0.2) is 55.0 Å². The van der Waals surface area contributed by atoms with Gasteiger partial charge in [0.25, 0.3) is 0 Å². The molecule has 4 rings (SSSR count). The maximum atomic E-state index is 13.8. The molecule has 0 fully saturated rings. The van der Waals surface area contributed by atoms with Crippen molar-refractivity contribution in [2.75, 3.05) is 0 Å². The summed E-state index contributed by atoms with van der Waals surface area (Å²) in [5.41, 5.74) is -0.791. The predicted octanol–water partition coefficient (Wildman–Crippen LogP) is 3.80. The van der Waals surface area contributed by atoms with Crippen LogP contribution in [0.5, 0.6) is 0 Å². The number of benzene rings is 1. The number of carbonyl (C=O) groups excluding carboxylic acids is 1. The third-order valence-electron chi connectivity index (χ3n) is 4.72. The van der Waals surface area contributed by atoms with Crippen molar-refractivity contribution in [1.29, 1.82) is 0 Å². The first kappa shape index (κ1) is 23.6. The van der Waals surface area contributed by atoms with E-state index in [-0.39, 0.29) is 11.3 Å². The van der Waals surface area contributed by atoms with Gasteiger partial charge < -0.3 is 9.84 Å². The molecule has 13 heteroatoms. The van der Waals surface area contributed by atoms with E-state index in [1.807, 2.05) is 0 Å². The zero-order valence-corrected chi connectivity index (χ0v) is 18.3. The standard InChI is InChI=1S/C22H17F3N6O4/c1-12(2)35-21(34)16-10-27-31(19(16)22(23,24)25)15-5-3-14(4-6-15)30-11-18(28-29-30)17-9-13(20(32)33)7-8-26-17/h3-12H,1-2H3,(H,32,33). The van der Waals surface area contributed by atoms with Crippen LogP contribution in [0, 0.1) is 0 Å². The highest BCUT2D eigenvalue weighted by molar-refractivity contribution is 5.91. The molecule has 0 saturated carbocycles. The van der Waals surface area contributed by atoms with Crippen LogP contribution < -0.4 is 0 Å². The molecule has 1 N–H and O–H groups in total. The fourth-order valence-electron chi connectivity index (χ4n) is 3.20. The molecular weight excluding hydrogens is 469 g/mol. The summed E-state index contributed by atoms with van der Waals surface area (Å²) in [7, 11) is 0. The van der Waals surface area contributed by atoms with Gasteiger partial charge >= 0.3 is 18.1 Å². The Bertz CT molecular complexity index is 1390. The van der Waals surface area contributed by atoms with Gasteiger partial charge in [0.1, 0.15) is 11.3 Å². The average molecular weight is 486 g/mol.